The third kappa shape index (κ3) is 3.03. The molecule has 20 heavy (non-hydrogen) atoms. The molecule has 0 saturated carbocycles. The van der Waals surface area contributed by atoms with E-state index < -0.39 is 21.6 Å². The van der Waals surface area contributed by atoms with E-state index in [9.17, 15) is 0 Å². The van der Waals surface area contributed by atoms with Gasteiger partial charge in [0, 0.05) is 0 Å². The first kappa shape index (κ1) is 16.9. The van der Waals surface area contributed by atoms with Gasteiger partial charge in [-0.25, -0.2) is 0 Å². The average Bonchev–Trinajstić information content (AvgIpc) is 2.70. The Bertz CT molecular complexity index is 549. The molecule has 0 heterocycles. The topological polar surface area (TPSA) is 12.0 Å². The molecule has 0 saturated heterocycles. The van der Waals surface area contributed by atoms with Crippen LogP contribution in [0.15, 0.2) is 30.3 Å². The van der Waals surface area contributed by atoms with Crippen molar-refractivity contribution in [3.05, 3.63) is 41.5 Å². The van der Waals surface area contributed by atoms with Crippen molar-refractivity contribution < 1.29 is 15.6 Å². The summed E-state index contributed by atoms with van der Waals surface area (Å²) in [6.07, 6.45) is 4.42. The van der Waals surface area contributed by atoms with Crippen LogP contribution in [-0.4, -0.2) is 11.5 Å². The van der Waals surface area contributed by atoms with Gasteiger partial charge < -0.3 is 0 Å². The van der Waals surface area contributed by atoms with Crippen molar-refractivity contribution in [2.24, 2.45) is 0 Å². The van der Waals surface area contributed by atoms with Crippen LogP contribution in [0.4, 0.5) is 0 Å². The fourth-order valence-corrected chi connectivity index (χ4v) is 38.9. The van der Waals surface area contributed by atoms with Crippen LogP contribution in [0.3, 0.4) is 0 Å². The molecule has 0 aromatic heterocycles. The first-order valence-electron chi connectivity index (χ1n) is 7.18. The molecule has 0 fully saturated rings. The number of hydrogen-bond donors (Lipinski definition) is 1. The Morgan fingerprint density at radius 1 is 1.15 bits per heavy atom. The maximum atomic E-state index is 7.33. The van der Waals surface area contributed by atoms with Crippen LogP contribution < -0.4 is 3.30 Å². The molecule has 1 nitrogen and oxygen atoms in total. The molecule has 5 heteroatoms. The molecule has 1 atom stereocenters. The quantitative estimate of drug-likeness (QED) is 0.580. The van der Waals surface area contributed by atoms with E-state index in [4.69, 9.17) is 17.2 Å². The number of nitrogens with one attached hydrogen (secondary N) is 1. The summed E-state index contributed by atoms with van der Waals surface area (Å²) in [5.41, 5.74) is 2.53. The second-order valence-electron chi connectivity index (χ2n) is 7.15. The fraction of sp³-hybridized carbons (Fsp3) is 0.467. The van der Waals surface area contributed by atoms with E-state index in [1.165, 1.54) is 11.1 Å². The minimum absolute atomic E-state index is 0.0538. The van der Waals surface area contributed by atoms with Crippen molar-refractivity contribution in [3.63, 3.8) is 0 Å². The van der Waals surface area contributed by atoms with E-state index in [0.717, 1.165) is 0 Å². The van der Waals surface area contributed by atoms with Crippen molar-refractivity contribution >= 4 is 29.2 Å². The number of fused-ring (bicyclic) bond motifs is 1. The zero-order chi connectivity index (χ0) is 15.2. The van der Waals surface area contributed by atoms with Gasteiger partial charge in [0.1, 0.15) is 0 Å². The standard InChI is InChI=1S/C9H7.C4H10N.C2H7Si.2ClH.Hf/c1-2-5-9-7-3-6-8(9)4-1;1-4(2,3)5;1-3-2;;;/h1-7H;5H,1-3H3;3H,1-2H3;2*1H;/q;-1;;;;+3/p-2. The van der Waals surface area contributed by atoms with Crippen LogP contribution in [-0.2, 0) is 15.6 Å². The molecule has 0 spiro atoms. The van der Waals surface area contributed by atoms with E-state index in [0.29, 0.717) is 0 Å². The Kier molecular flexibility index (Phi) is 4.53. The summed E-state index contributed by atoms with van der Waals surface area (Å²) >= 11 is -4.19. The van der Waals surface area contributed by atoms with Gasteiger partial charge in [0.25, 0.3) is 0 Å². The molecular weight excluding hydrogens is 472 g/mol. The van der Waals surface area contributed by atoms with Crippen LogP contribution in [0, 0.1) is 0 Å². The molecule has 0 radical (unpaired) electrons. The molecule has 1 N–H and O–H groups in total. The molecule has 1 aromatic rings. The van der Waals surface area contributed by atoms with E-state index in [1.54, 1.807) is 0 Å². The van der Waals surface area contributed by atoms with Gasteiger partial charge in [0.05, 0.1) is 0 Å². The summed E-state index contributed by atoms with van der Waals surface area (Å²) in [7, 11) is 14.7. The van der Waals surface area contributed by atoms with Gasteiger partial charge in [0.15, 0.2) is 0 Å². The number of rotatable bonds is 3. The predicted octanol–water partition coefficient (Wildman–Crippen LogP) is 5.04. The third-order valence-corrected chi connectivity index (χ3v) is 70.2. The molecule has 1 aromatic carbocycles. The van der Waals surface area contributed by atoms with E-state index in [1.807, 2.05) is 0 Å². The van der Waals surface area contributed by atoms with Crippen LogP contribution in [0.2, 0.25) is 13.1 Å². The van der Waals surface area contributed by atoms with Crippen molar-refractivity contribution in [2.75, 3.05) is 0 Å². The summed E-state index contributed by atoms with van der Waals surface area (Å²) in [5.74, 6) is -1.24. The van der Waals surface area contributed by atoms with Gasteiger partial charge in [-0.3, -0.25) is 0 Å². The van der Waals surface area contributed by atoms with Crippen LogP contribution >= 0.6 is 17.2 Å². The first-order valence-corrected chi connectivity index (χ1v) is 29.1. The van der Waals surface area contributed by atoms with E-state index in [-0.39, 0.29) is 9.21 Å². The summed E-state index contributed by atoms with van der Waals surface area (Å²) in [5, 5.41) is 0. The van der Waals surface area contributed by atoms with Crippen molar-refractivity contribution in [1.82, 2.24) is 3.30 Å². The fourth-order valence-electron chi connectivity index (χ4n) is 3.01. The minimum atomic E-state index is -4.19. The Balaban J connectivity index is 2.54. The second-order valence-corrected chi connectivity index (χ2v) is 64.0. The number of allylic oxidation sites excluding steroid dienone is 1. The van der Waals surface area contributed by atoms with Gasteiger partial charge in [0.2, 0.25) is 0 Å². The number of hydrogen-bond acceptors (Lipinski definition) is 1. The number of benzene rings is 1. The molecule has 111 valence electrons. The summed E-state index contributed by atoms with van der Waals surface area (Å²) in [4.78, 5) is 0. The molecule has 1 aliphatic rings. The monoisotopic (exact) mass is 496 g/mol. The molecule has 1 aliphatic carbocycles. The Hall–Kier alpha value is 0.587. The number of halogens is 2. The van der Waals surface area contributed by atoms with Crippen LogP contribution in [0.5, 0.6) is 0 Å². The predicted molar refractivity (Wildman–Crippen MR) is 91.7 cm³/mol. The molecule has 1 unspecified atom stereocenters. The second kappa shape index (κ2) is 5.34. The average molecular weight is 496 g/mol. The molecule has 2 rings (SSSR count). The van der Waals surface area contributed by atoms with Crippen LogP contribution in [0.25, 0.3) is 6.08 Å². The Morgan fingerprint density at radius 3 is 2.30 bits per heavy atom. The Morgan fingerprint density at radius 2 is 1.75 bits per heavy atom. The van der Waals surface area contributed by atoms with Gasteiger partial charge in [-0.15, -0.1) is 0 Å². The van der Waals surface area contributed by atoms with Gasteiger partial charge in [-0.05, 0) is 0 Å². The van der Waals surface area contributed by atoms with Crippen molar-refractivity contribution in [1.29, 1.82) is 0 Å². The zero-order valence-electron chi connectivity index (χ0n) is 12.9. The van der Waals surface area contributed by atoms with Gasteiger partial charge in [-0.1, -0.05) is 0 Å². The van der Waals surface area contributed by atoms with E-state index >= 15 is 0 Å². The normalized spacial score (nSPS) is 20.8. The van der Waals surface area contributed by atoms with E-state index in [2.05, 4.69) is 73.6 Å². The summed E-state index contributed by atoms with van der Waals surface area (Å²) in [6.45, 7) is 11.1. The molecular formula is C15H24Cl2HfNSi. The van der Waals surface area contributed by atoms with Crippen molar-refractivity contribution in [2.45, 2.75) is 43.1 Å². The first-order chi connectivity index (χ1) is 9.03. The zero-order valence-corrected chi connectivity index (χ0v) is 19.1. The van der Waals surface area contributed by atoms with Gasteiger partial charge >= 0.3 is 133 Å². The maximum absolute atomic E-state index is 7.33. The molecule has 0 amide bonds. The molecule has 0 bridgehead atoms. The van der Waals surface area contributed by atoms with Gasteiger partial charge in [-0.2, -0.15) is 0 Å². The molecule has 0 aliphatic heterocycles. The third-order valence-electron chi connectivity index (χ3n) is 4.04. The summed E-state index contributed by atoms with van der Waals surface area (Å²) in [6, 6.07) is 8.49. The SMILES string of the molecule is C[SiH](C)[Hf]([Cl])([Cl])([NH]C(C)(C)C)[CH]1C=Cc2ccccc21. The Labute approximate surface area is 132 Å². The summed E-state index contributed by atoms with van der Waals surface area (Å²) < 4.78 is 3.96. The van der Waals surface area contributed by atoms with Crippen LogP contribution in [0.1, 0.15) is 35.6 Å². The van der Waals surface area contributed by atoms with Crippen molar-refractivity contribution in [3.8, 4) is 0 Å².